The molecule has 0 N–H and O–H groups in total. The van der Waals surface area contributed by atoms with Crippen molar-refractivity contribution in [3.05, 3.63) is 74.1 Å². The number of hydrogen-bond donors (Lipinski definition) is 0. The number of carbonyl (C=O) groups excluding carboxylic acids is 1. The second-order valence-corrected chi connectivity index (χ2v) is 8.42. The van der Waals surface area contributed by atoms with Gasteiger partial charge in [0.25, 0.3) is 0 Å². The highest BCUT2D eigenvalue weighted by molar-refractivity contribution is 7.10. The average molecular weight is 412 g/mol. The summed E-state index contributed by atoms with van der Waals surface area (Å²) in [7, 11) is 3.23. The van der Waals surface area contributed by atoms with Crippen molar-refractivity contribution in [3.63, 3.8) is 0 Å². The summed E-state index contributed by atoms with van der Waals surface area (Å²) in [5.41, 5.74) is 2.10. The van der Waals surface area contributed by atoms with Crippen LogP contribution in [0.1, 0.15) is 26.9 Å². The Bertz CT molecular complexity index is 991. The van der Waals surface area contributed by atoms with Crippen molar-refractivity contribution in [1.82, 2.24) is 4.90 Å². The van der Waals surface area contributed by atoms with Gasteiger partial charge in [0.1, 0.15) is 11.5 Å². The van der Waals surface area contributed by atoms with Crippen LogP contribution >= 0.6 is 22.7 Å². The Kier molecular flexibility index (Phi) is 5.50. The molecule has 1 aliphatic rings. The second-order valence-electron chi connectivity index (χ2n) is 6.44. The highest BCUT2D eigenvalue weighted by atomic mass is 32.1. The number of rotatable bonds is 5. The average Bonchev–Trinajstić information content (AvgIpc) is 3.42. The molecule has 4 nitrogen and oxygen atoms in total. The number of benzene rings is 1. The number of hydrogen-bond acceptors (Lipinski definition) is 5. The third-order valence-electron chi connectivity index (χ3n) is 4.91. The van der Waals surface area contributed by atoms with E-state index in [4.69, 9.17) is 9.47 Å². The highest BCUT2D eigenvalue weighted by Gasteiger charge is 2.32. The number of amides is 1. The highest BCUT2D eigenvalue weighted by Crippen LogP contribution is 2.39. The zero-order valence-corrected chi connectivity index (χ0v) is 17.4. The van der Waals surface area contributed by atoms with Crippen LogP contribution in [0.5, 0.6) is 11.5 Å². The number of ether oxygens (including phenoxy) is 2. The van der Waals surface area contributed by atoms with Gasteiger partial charge in [-0.15, -0.1) is 22.7 Å². The summed E-state index contributed by atoms with van der Waals surface area (Å²) < 4.78 is 10.7. The van der Waals surface area contributed by atoms with E-state index in [2.05, 4.69) is 22.9 Å². The molecule has 1 aromatic carbocycles. The van der Waals surface area contributed by atoms with E-state index in [1.165, 1.54) is 15.3 Å². The Morgan fingerprint density at radius 2 is 2.04 bits per heavy atom. The first kappa shape index (κ1) is 18.8. The van der Waals surface area contributed by atoms with Crippen molar-refractivity contribution in [2.75, 3.05) is 20.8 Å². The Balaban J connectivity index is 1.62. The van der Waals surface area contributed by atoms with E-state index in [0.717, 1.165) is 24.3 Å². The molecule has 4 rings (SSSR count). The maximum absolute atomic E-state index is 13.1. The van der Waals surface area contributed by atoms with Crippen LogP contribution in [0.15, 0.2) is 53.2 Å². The minimum Gasteiger partial charge on any atom is -0.497 e. The molecule has 0 radical (unpaired) electrons. The van der Waals surface area contributed by atoms with Crippen LogP contribution in [-0.4, -0.2) is 31.6 Å². The number of fused-ring (bicyclic) bond motifs is 1. The molecule has 28 heavy (non-hydrogen) atoms. The molecule has 0 saturated carbocycles. The molecule has 0 spiro atoms. The summed E-state index contributed by atoms with van der Waals surface area (Å²) in [5.74, 6) is 1.41. The minimum atomic E-state index is -0.00934. The van der Waals surface area contributed by atoms with Gasteiger partial charge < -0.3 is 14.4 Å². The van der Waals surface area contributed by atoms with Crippen molar-refractivity contribution in [1.29, 1.82) is 0 Å². The molecule has 0 unspecified atom stereocenters. The monoisotopic (exact) mass is 411 g/mol. The van der Waals surface area contributed by atoms with Crippen molar-refractivity contribution in [2.24, 2.45) is 0 Å². The van der Waals surface area contributed by atoms with Crippen LogP contribution in [0.2, 0.25) is 0 Å². The minimum absolute atomic E-state index is 0.00752. The van der Waals surface area contributed by atoms with Gasteiger partial charge in [-0.25, -0.2) is 0 Å². The third kappa shape index (κ3) is 3.57. The Morgan fingerprint density at radius 1 is 1.14 bits per heavy atom. The largest absolute Gasteiger partial charge is 0.497 e. The Hall–Kier alpha value is -2.57. The lowest BCUT2D eigenvalue weighted by Gasteiger charge is -2.34. The first-order valence-electron chi connectivity index (χ1n) is 9.01. The van der Waals surface area contributed by atoms with Gasteiger partial charge in [-0.2, -0.15) is 0 Å². The molecule has 3 aromatic rings. The molecule has 0 aliphatic carbocycles. The van der Waals surface area contributed by atoms with Crippen LogP contribution < -0.4 is 9.47 Å². The van der Waals surface area contributed by atoms with E-state index in [1.807, 2.05) is 35.2 Å². The fraction of sp³-hybridized carbons (Fsp3) is 0.227. The van der Waals surface area contributed by atoms with Crippen LogP contribution in [-0.2, 0) is 11.2 Å². The normalized spacial score (nSPS) is 16.2. The molecule has 0 saturated heterocycles. The molecule has 3 heterocycles. The first-order valence-corrected chi connectivity index (χ1v) is 10.8. The molecular formula is C22H21NO3S2. The van der Waals surface area contributed by atoms with E-state index in [1.54, 1.807) is 43.0 Å². The quantitative estimate of drug-likeness (QED) is 0.554. The van der Waals surface area contributed by atoms with Crippen LogP contribution in [0.3, 0.4) is 0 Å². The summed E-state index contributed by atoms with van der Waals surface area (Å²) in [6.07, 6.45) is 4.36. The molecular weight excluding hydrogens is 390 g/mol. The third-order valence-corrected chi connectivity index (χ3v) is 6.83. The van der Waals surface area contributed by atoms with E-state index in [0.29, 0.717) is 5.75 Å². The number of thiophene rings is 2. The maximum Gasteiger partial charge on any atom is 0.247 e. The Labute approximate surface area is 172 Å². The summed E-state index contributed by atoms with van der Waals surface area (Å²) in [6.45, 7) is 0.721. The zero-order chi connectivity index (χ0) is 19.5. The topological polar surface area (TPSA) is 38.8 Å². The summed E-state index contributed by atoms with van der Waals surface area (Å²) >= 11 is 3.47. The van der Waals surface area contributed by atoms with Gasteiger partial charge in [0.05, 0.1) is 20.3 Å². The van der Waals surface area contributed by atoms with E-state index in [9.17, 15) is 4.79 Å². The van der Waals surface area contributed by atoms with E-state index in [-0.39, 0.29) is 11.9 Å². The number of nitrogens with zero attached hydrogens (tertiary/aromatic N) is 1. The second kappa shape index (κ2) is 8.20. The van der Waals surface area contributed by atoms with Gasteiger partial charge in [-0.3, -0.25) is 4.79 Å². The maximum atomic E-state index is 13.1. The van der Waals surface area contributed by atoms with Gasteiger partial charge >= 0.3 is 0 Å². The van der Waals surface area contributed by atoms with Gasteiger partial charge in [-0.05, 0) is 53.1 Å². The molecule has 1 atom stereocenters. The molecule has 0 bridgehead atoms. The lowest BCUT2D eigenvalue weighted by molar-refractivity contribution is -0.127. The summed E-state index contributed by atoms with van der Waals surface area (Å²) in [5, 5.41) is 4.19. The van der Waals surface area contributed by atoms with Crippen LogP contribution in [0.4, 0.5) is 0 Å². The van der Waals surface area contributed by atoms with Crippen molar-refractivity contribution in [2.45, 2.75) is 12.5 Å². The van der Waals surface area contributed by atoms with Gasteiger partial charge in [0.15, 0.2) is 0 Å². The van der Waals surface area contributed by atoms with Crippen molar-refractivity contribution in [3.8, 4) is 11.5 Å². The fourth-order valence-electron chi connectivity index (χ4n) is 3.52. The molecule has 2 aromatic heterocycles. The van der Waals surface area contributed by atoms with Crippen LogP contribution in [0, 0.1) is 0 Å². The molecule has 1 amide bonds. The lowest BCUT2D eigenvalue weighted by atomic mass is 9.98. The first-order chi connectivity index (χ1) is 13.7. The van der Waals surface area contributed by atoms with Gasteiger partial charge in [0, 0.05) is 34.0 Å². The summed E-state index contributed by atoms with van der Waals surface area (Å²) in [6, 6.07) is 11.9. The standard InChI is InChI=1S/C22H21NO3S2/c1-25-16-7-5-15(18(14-16)26-2)6-8-21(24)23-11-9-19-17(10-13-28-19)22(23)20-4-3-12-27-20/h3-8,10,12-14,22H,9,11H2,1-2H3/b8-6+/t22-/m1/s1. The van der Waals surface area contributed by atoms with Crippen molar-refractivity contribution < 1.29 is 14.3 Å². The number of carbonyl (C=O) groups is 1. The SMILES string of the molecule is COc1ccc(/C=C/C(=O)N2CCc3sccc3[C@@H]2c2cccs2)c(OC)c1. The number of methoxy groups -OCH3 is 2. The molecule has 1 aliphatic heterocycles. The summed E-state index contributed by atoms with van der Waals surface area (Å²) in [4.78, 5) is 17.7. The Morgan fingerprint density at radius 3 is 2.79 bits per heavy atom. The van der Waals surface area contributed by atoms with E-state index >= 15 is 0 Å². The lowest BCUT2D eigenvalue weighted by Crippen LogP contribution is -2.38. The van der Waals surface area contributed by atoms with Gasteiger partial charge in [0.2, 0.25) is 5.91 Å². The van der Waals surface area contributed by atoms with Gasteiger partial charge in [-0.1, -0.05) is 6.07 Å². The van der Waals surface area contributed by atoms with Crippen molar-refractivity contribution >= 4 is 34.7 Å². The predicted octanol–water partition coefficient (Wildman–Crippen LogP) is 5.01. The zero-order valence-electron chi connectivity index (χ0n) is 15.8. The van der Waals surface area contributed by atoms with E-state index < -0.39 is 0 Å². The molecule has 6 heteroatoms. The van der Waals surface area contributed by atoms with Crippen LogP contribution in [0.25, 0.3) is 6.08 Å². The smallest absolute Gasteiger partial charge is 0.247 e. The molecule has 0 fully saturated rings. The fourth-order valence-corrected chi connectivity index (χ4v) is 5.28. The molecule has 144 valence electrons. The predicted molar refractivity (Wildman–Crippen MR) is 114 cm³/mol.